The molecule has 0 spiro atoms. The average Bonchev–Trinajstić information content (AvgIpc) is 2.98. The normalized spacial score (nSPS) is 11.8. The molecule has 1 aromatic carbocycles. The monoisotopic (exact) mass is 299 g/mol. The molecule has 3 rings (SSSR count). The molecule has 0 aliphatic heterocycles. The minimum absolute atomic E-state index is 0.272. The Labute approximate surface area is 127 Å². The molecule has 0 bridgehead atoms. The summed E-state index contributed by atoms with van der Waals surface area (Å²) in [6.07, 6.45) is 0. The van der Waals surface area contributed by atoms with E-state index in [2.05, 4.69) is 21.1 Å². The number of halogens is 1. The van der Waals surface area contributed by atoms with Crippen molar-refractivity contribution in [3.63, 3.8) is 0 Å². The number of benzene rings is 1. The van der Waals surface area contributed by atoms with E-state index < -0.39 is 0 Å². The molecule has 0 aliphatic carbocycles. The van der Waals surface area contributed by atoms with Crippen molar-refractivity contribution >= 4 is 22.6 Å². The van der Waals surface area contributed by atoms with Crippen LogP contribution in [0.1, 0.15) is 32.0 Å². The Bertz CT molecular complexity index is 827. The Balaban J connectivity index is 2.23. The molecule has 1 N–H and O–H groups in total. The van der Waals surface area contributed by atoms with Crippen LogP contribution in [0.5, 0.6) is 0 Å². The molecule has 106 valence electrons. The second kappa shape index (κ2) is 4.61. The average molecular weight is 300 g/mol. The van der Waals surface area contributed by atoms with E-state index in [-0.39, 0.29) is 10.6 Å². The quantitative estimate of drug-likeness (QED) is 0.746. The number of nitrogens with one attached hydrogen (secondary N) is 1. The van der Waals surface area contributed by atoms with E-state index in [1.807, 2.05) is 45.0 Å². The zero-order chi connectivity index (χ0) is 15.2. The number of fused-ring (bicyclic) bond motifs is 1. The highest BCUT2D eigenvalue weighted by Crippen LogP contribution is 2.30. The molecule has 0 saturated heterocycles. The summed E-state index contributed by atoms with van der Waals surface area (Å²) in [7, 11) is 0. The van der Waals surface area contributed by atoms with Gasteiger partial charge in [-0.1, -0.05) is 44.5 Å². The lowest BCUT2D eigenvalue weighted by Crippen LogP contribution is -2.14. The smallest absolute Gasteiger partial charge is 0.230 e. The van der Waals surface area contributed by atoms with Crippen molar-refractivity contribution in [1.29, 1.82) is 5.26 Å². The Morgan fingerprint density at radius 2 is 2.00 bits per heavy atom. The molecule has 0 atom stereocenters. The summed E-state index contributed by atoms with van der Waals surface area (Å²) < 4.78 is 1.49. The van der Waals surface area contributed by atoms with Crippen LogP contribution in [0.3, 0.4) is 0 Å². The fourth-order valence-corrected chi connectivity index (χ4v) is 2.45. The summed E-state index contributed by atoms with van der Waals surface area (Å²) in [6.45, 7) is 5.99. The van der Waals surface area contributed by atoms with Crippen molar-refractivity contribution in [1.82, 2.24) is 19.7 Å². The second-order valence-electron chi connectivity index (χ2n) is 5.87. The van der Waals surface area contributed by atoms with Gasteiger partial charge in [-0.05, 0) is 12.1 Å². The number of imidazole rings is 1. The number of nitrogens with zero attached hydrogens (tertiary/aromatic N) is 4. The van der Waals surface area contributed by atoms with Gasteiger partial charge in [-0.15, -0.1) is 0 Å². The Kier molecular flexibility index (Phi) is 2.99. The van der Waals surface area contributed by atoms with Crippen molar-refractivity contribution in [2.24, 2.45) is 0 Å². The van der Waals surface area contributed by atoms with Crippen LogP contribution in [-0.2, 0) is 5.41 Å². The maximum Gasteiger partial charge on any atom is 0.230 e. The Morgan fingerprint density at radius 1 is 1.29 bits per heavy atom. The van der Waals surface area contributed by atoms with Crippen LogP contribution in [0.15, 0.2) is 24.3 Å². The molecule has 0 unspecified atom stereocenters. The van der Waals surface area contributed by atoms with Crippen molar-refractivity contribution in [2.45, 2.75) is 26.2 Å². The summed E-state index contributed by atoms with van der Waals surface area (Å²) >= 11 is 6.32. The molecule has 2 aromatic heterocycles. The molecule has 0 saturated carbocycles. The summed E-state index contributed by atoms with van der Waals surface area (Å²) in [5.74, 6) is 0.508. The van der Waals surface area contributed by atoms with E-state index in [1.54, 1.807) is 0 Å². The van der Waals surface area contributed by atoms with Gasteiger partial charge in [0, 0.05) is 5.41 Å². The highest BCUT2D eigenvalue weighted by atomic mass is 35.5. The van der Waals surface area contributed by atoms with Crippen molar-refractivity contribution < 1.29 is 0 Å². The lowest BCUT2D eigenvalue weighted by Gasteiger charge is -2.14. The molecule has 6 heteroatoms. The van der Waals surface area contributed by atoms with Gasteiger partial charge in [-0.3, -0.25) is 0 Å². The van der Waals surface area contributed by atoms with Gasteiger partial charge < -0.3 is 4.98 Å². The van der Waals surface area contributed by atoms with E-state index in [4.69, 9.17) is 11.6 Å². The first-order valence-electron chi connectivity index (χ1n) is 6.56. The van der Waals surface area contributed by atoms with E-state index in [0.717, 1.165) is 11.0 Å². The van der Waals surface area contributed by atoms with E-state index in [1.165, 1.54) is 4.68 Å². The number of hydrogen-bond donors (Lipinski definition) is 1. The fourth-order valence-electron chi connectivity index (χ4n) is 2.20. The van der Waals surface area contributed by atoms with Gasteiger partial charge >= 0.3 is 0 Å². The predicted molar refractivity (Wildman–Crippen MR) is 81.6 cm³/mol. The fraction of sp³-hybridized carbons (Fsp3) is 0.267. The number of nitriles is 1. The van der Waals surface area contributed by atoms with Gasteiger partial charge in [0.05, 0.1) is 16.7 Å². The maximum absolute atomic E-state index is 9.34. The highest BCUT2D eigenvalue weighted by molar-refractivity contribution is 6.31. The lowest BCUT2D eigenvalue weighted by atomic mass is 9.90. The SMILES string of the molecule is CC(C)(C)c1nn(-c2nc3ccccc3[nH]2)c(Cl)c1C#N. The molecule has 0 fully saturated rings. The molecule has 21 heavy (non-hydrogen) atoms. The number of H-pyrrole nitrogens is 1. The third kappa shape index (κ3) is 2.18. The van der Waals surface area contributed by atoms with Crippen LogP contribution in [-0.4, -0.2) is 19.7 Å². The molecule has 0 amide bonds. The molecular formula is C15H14ClN5. The van der Waals surface area contributed by atoms with Gasteiger partial charge in [0.15, 0.2) is 5.15 Å². The van der Waals surface area contributed by atoms with Crippen LogP contribution >= 0.6 is 11.6 Å². The maximum atomic E-state index is 9.34. The number of aromatic amines is 1. The number of aromatic nitrogens is 4. The number of para-hydroxylation sites is 2. The molecule has 5 nitrogen and oxygen atoms in total. The van der Waals surface area contributed by atoms with Gasteiger partial charge in [-0.2, -0.15) is 15.0 Å². The molecule has 0 aliphatic rings. The van der Waals surface area contributed by atoms with Crippen LogP contribution in [0, 0.1) is 11.3 Å². The lowest BCUT2D eigenvalue weighted by molar-refractivity contribution is 0.557. The van der Waals surface area contributed by atoms with Gasteiger partial charge in [0.25, 0.3) is 0 Å². The zero-order valence-electron chi connectivity index (χ0n) is 12.0. The predicted octanol–water partition coefficient (Wildman–Crippen LogP) is 3.57. The number of rotatable bonds is 1. The zero-order valence-corrected chi connectivity index (χ0v) is 12.7. The van der Waals surface area contributed by atoms with E-state index in [9.17, 15) is 5.26 Å². The van der Waals surface area contributed by atoms with Crippen LogP contribution in [0.4, 0.5) is 0 Å². The molecule has 3 aromatic rings. The van der Waals surface area contributed by atoms with E-state index >= 15 is 0 Å². The second-order valence-corrected chi connectivity index (χ2v) is 6.22. The van der Waals surface area contributed by atoms with Crippen molar-refractivity contribution in [3.05, 3.63) is 40.7 Å². The highest BCUT2D eigenvalue weighted by Gasteiger charge is 2.27. The van der Waals surface area contributed by atoms with Crippen molar-refractivity contribution in [3.8, 4) is 12.0 Å². The first-order chi connectivity index (χ1) is 9.91. The first-order valence-corrected chi connectivity index (χ1v) is 6.94. The third-order valence-corrected chi connectivity index (χ3v) is 3.58. The first kappa shape index (κ1) is 13.7. The molecule has 2 heterocycles. The largest absolute Gasteiger partial charge is 0.322 e. The molecule has 0 radical (unpaired) electrons. The van der Waals surface area contributed by atoms with Gasteiger partial charge in [0.1, 0.15) is 11.6 Å². The third-order valence-electron chi connectivity index (χ3n) is 3.23. The van der Waals surface area contributed by atoms with Crippen molar-refractivity contribution in [2.75, 3.05) is 0 Å². The standard InChI is InChI=1S/C15H14ClN5/c1-15(2,3)12-9(8-17)13(16)21(20-12)14-18-10-6-4-5-7-11(10)19-14/h4-7H,1-3H3,(H,18,19). The molecular weight excluding hydrogens is 286 g/mol. The topological polar surface area (TPSA) is 70.3 Å². The minimum atomic E-state index is -0.272. The number of hydrogen-bond acceptors (Lipinski definition) is 3. The summed E-state index contributed by atoms with van der Waals surface area (Å²) in [6, 6.07) is 9.81. The summed E-state index contributed by atoms with van der Waals surface area (Å²) in [5.41, 5.74) is 2.51. The van der Waals surface area contributed by atoms with Crippen LogP contribution < -0.4 is 0 Å². The van der Waals surface area contributed by atoms with E-state index in [0.29, 0.717) is 17.2 Å². The van der Waals surface area contributed by atoms with Crippen LogP contribution in [0.25, 0.3) is 17.0 Å². The summed E-state index contributed by atoms with van der Waals surface area (Å²) in [5, 5.41) is 14.1. The summed E-state index contributed by atoms with van der Waals surface area (Å²) in [4.78, 5) is 7.63. The van der Waals surface area contributed by atoms with Gasteiger partial charge in [0.2, 0.25) is 5.95 Å². The van der Waals surface area contributed by atoms with Crippen LogP contribution in [0.2, 0.25) is 5.15 Å². The Hall–Kier alpha value is -2.32. The van der Waals surface area contributed by atoms with Gasteiger partial charge in [-0.25, -0.2) is 4.98 Å². The Morgan fingerprint density at radius 3 is 2.57 bits per heavy atom. The minimum Gasteiger partial charge on any atom is -0.322 e.